The molecule has 0 aliphatic rings. The zero-order chi connectivity index (χ0) is 20.9. The molecule has 30 heavy (non-hydrogen) atoms. The monoisotopic (exact) mass is 401 g/mol. The van der Waals surface area contributed by atoms with E-state index in [-0.39, 0.29) is 11.5 Å². The molecule has 0 bridgehead atoms. The minimum atomic E-state index is -0.778. The van der Waals surface area contributed by atoms with Gasteiger partial charge < -0.3 is 10.5 Å². The first-order valence-corrected chi connectivity index (χ1v) is 9.28. The molecule has 0 unspecified atom stereocenters. The topological polar surface area (TPSA) is 116 Å². The Morgan fingerprint density at radius 2 is 1.77 bits per heavy atom. The molecule has 8 nitrogen and oxygen atoms in total. The maximum atomic E-state index is 12.6. The molecule has 8 heteroatoms. The number of hydrogen-bond acceptors (Lipinski definition) is 7. The second-order valence-corrected chi connectivity index (χ2v) is 6.57. The summed E-state index contributed by atoms with van der Waals surface area (Å²) in [6, 6.07) is 22.7. The number of rotatable bonds is 6. The van der Waals surface area contributed by atoms with Gasteiger partial charge in [0.25, 0.3) is 5.91 Å². The highest BCUT2D eigenvalue weighted by Crippen LogP contribution is 2.21. The maximum absolute atomic E-state index is 12.6. The van der Waals surface area contributed by atoms with Crippen molar-refractivity contribution in [3.63, 3.8) is 0 Å². The molecule has 4 rings (SSSR count). The third-order valence-electron chi connectivity index (χ3n) is 4.47. The van der Waals surface area contributed by atoms with Gasteiger partial charge in [-0.05, 0) is 40.1 Å². The lowest BCUT2D eigenvalue weighted by molar-refractivity contribution is -0.127. The van der Waals surface area contributed by atoms with Crippen molar-refractivity contribution < 1.29 is 14.2 Å². The normalized spacial score (nSPS) is 12.5. The van der Waals surface area contributed by atoms with Crippen LogP contribution in [0.2, 0.25) is 0 Å². The summed E-state index contributed by atoms with van der Waals surface area (Å²) in [7, 11) is 0. The molecular formula is C22H19N5O3. The lowest BCUT2D eigenvalue weighted by Crippen LogP contribution is -2.34. The SMILES string of the molecule is C[C@@H](Oc1ccc2ccccc2c1)C(=O)N/N=C(\c1ccccc1)c1nonc1N. The zero-order valence-electron chi connectivity index (χ0n) is 16.1. The Morgan fingerprint density at radius 1 is 1.03 bits per heavy atom. The Kier molecular flexibility index (Phi) is 5.38. The highest BCUT2D eigenvalue weighted by atomic mass is 16.6. The van der Waals surface area contributed by atoms with Gasteiger partial charge in [-0.3, -0.25) is 4.79 Å². The molecule has 0 saturated heterocycles. The molecule has 1 heterocycles. The van der Waals surface area contributed by atoms with E-state index >= 15 is 0 Å². The second kappa shape index (κ2) is 8.44. The largest absolute Gasteiger partial charge is 0.481 e. The van der Waals surface area contributed by atoms with E-state index in [0.717, 1.165) is 10.8 Å². The number of hydrazone groups is 1. The van der Waals surface area contributed by atoms with E-state index in [1.54, 1.807) is 6.92 Å². The lowest BCUT2D eigenvalue weighted by Gasteiger charge is -2.14. The third kappa shape index (κ3) is 4.12. The molecule has 3 N–H and O–H groups in total. The predicted octanol–water partition coefficient (Wildman–Crippen LogP) is 3.14. The number of anilines is 1. The lowest BCUT2D eigenvalue weighted by atomic mass is 10.1. The summed E-state index contributed by atoms with van der Waals surface area (Å²) >= 11 is 0. The van der Waals surface area contributed by atoms with Crippen LogP contribution >= 0.6 is 0 Å². The number of carbonyl (C=O) groups is 1. The standard InChI is InChI=1S/C22H19N5O3/c1-14(29-18-12-11-15-7-5-6-10-17(15)13-18)22(28)25-24-19(16-8-3-2-4-9-16)20-21(23)27-30-26-20/h2-14H,1H3,(H2,23,27)(H,25,28)/b24-19+/t14-/m1/s1. The van der Waals surface area contributed by atoms with Gasteiger partial charge in [0, 0.05) is 5.56 Å². The van der Waals surface area contributed by atoms with E-state index in [2.05, 4.69) is 25.5 Å². The first-order valence-electron chi connectivity index (χ1n) is 9.28. The van der Waals surface area contributed by atoms with Gasteiger partial charge in [0.05, 0.1) is 0 Å². The number of nitrogens with zero attached hydrogens (tertiary/aromatic N) is 3. The van der Waals surface area contributed by atoms with Gasteiger partial charge in [-0.25, -0.2) is 10.1 Å². The zero-order valence-corrected chi connectivity index (χ0v) is 16.1. The van der Waals surface area contributed by atoms with Crippen LogP contribution in [0.1, 0.15) is 18.2 Å². The van der Waals surface area contributed by atoms with E-state index in [0.29, 0.717) is 17.0 Å². The van der Waals surface area contributed by atoms with Gasteiger partial charge in [-0.2, -0.15) is 5.10 Å². The Balaban J connectivity index is 1.51. The number of nitrogen functional groups attached to an aromatic ring is 1. The fourth-order valence-electron chi connectivity index (χ4n) is 2.91. The molecule has 3 aromatic carbocycles. The number of nitrogens with two attached hydrogens (primary N) is 1. The van der Waals surface area contributed by atoms with Gasteiger partial charge >= 0.3 is 0 Å². The number of nitrogens with one attached hydrogen (secondary N) is 1. The minimum Gasteiger partial charge on any atom is -0.481 e. The van der Waals surface area contributed by atoms with Crippen molar-refractivity contribution in [2.24, 2.45) is 5.10 Å². The summed E-state index contributed by atoms with van der Waals surface area (Å²) in [4.78, 5) is 12.6. The predicted molar refractivity (Wildman–Crippen MR) is 113 cm³/mol. The highest BCUT2D eigenvalue weighted by molar-refractivity contribution is 6.14. The Bertz CT molecular complexity index is 1200. The van der Waals surface area contributed by atoms with Gasteiger partial charge in [0.1, 0.15) is 11.5 Å². The number of aromatic nitrogens is 2. The van der Waals surface area contributed by atoms with Crippen LogP contribution in [-0.2, 0) is 4.79 Å². The molecular weight excluding hydrogens is 382 g/mol. The fraction of sp³-hybridized carbons (Fsp3) is 0.0909. The van der Waals surface area contributed by atoms with Crippen LogP contribution in [0.5, 0.6) is 5.75 Å². The number of hydrogen-bond donors (Lipinski definition) is 2. The quantitative estimate of drug-likeness (QED) is 0.379. The van der Waals surface area contributed by atoms with Crippen LogP contribution in [0.4, 0.5) is 5.82 Å². The average Bonchev–Trinajstić information content (AvgIpc) is 3.20. The van der Waals surface area contributed by atoms with Gasteiger partial charge in [0.15, 0.2) is 17.6 Å². The molecule has 1 atom stereocenters. The third-order valence-corrected chi connectivity index (χ3v) is 4.47. The van der Waals surface area contributed by atoms with Crippen molar-refractivity contribution in [2.45, 2.75) is 13.0 Å². The van der Waals surface area contributed by atoms with Gasteiger partial charge in [-0.1, -0.05) is 60.7 Å². The molecule has 4 aromatic rings. The van der Waals surface area contributed by atoms with E-state index < -0.39 is 12.0 Å². The number of amides is 1. The van der Waals surface area contributed by atoms with Crippen molar-refractivity contribution in [3.05, 3.63) is 84.1 Å². The Hall–Kier alpha value is -4.20. The number of carbonyl (C=O) groups excluding carboxylic acids is 1. The van der Waals surface area contributed by atoms with Crippen molar-refractivity contribution in [3.8, 4) is 5.75 Å². The number of benzene rings is 3. The number of ether oxygens (including phenoxy) is 1. The average molecular weight is 401 g/mol. The van der Waals surface area contributed by atoms with E-state index in [9.17, 15) is 4.79 Å². The van der Waals surface area contributed by atoms with Crippen LogP contribution in [0, 0.1) is 0 Å². The molecule has 0 aliphatic carbocycles. The Labute approximate surface area is 172 Å². The molecule has 0 spiro atoms. The van der Waals surface area contributed by atoms with Crippen LogP contribution in [0.3, 0.4) is 0 Å². The van der Waals surface area contributed by atoms with Crippen LogP contribution in [0.25, 0.3) is 10.8 Å². The summed E-state index contributed by atoms with van der Waals surface area (Å²) in [6.07, 6.45) is -0.778. The minimum absolute atomic E-state index is 0.0762. The van der Waals surface area contributed by atoms with Crippen molar-refractivity contribution >= 4 is 28.2 Å². The molecule has 0 saturated carbocycles. The molecule has 1 aromatic heterocycles. The molecule has 1 amide bonds. The Morgan fingerprint density at radius 3 is 2.50 bits per heavy atom. The first kappa shape index (κ1) is 19.1. The van der Waals surface area contributed by atoms with Crippen molar-refractivity contribution in [2.75, 3.05) is 5.73 Å². The van der Waals surface area contributed by atoms with Gasteiger partial charge in [-0.15, -0.1) is 0 Å². The molecule has 0 aliphatic heterocycles. The summed E-state index contributed by atoms with van der Waals surface area (Å²) in [5.74, 6) is 0.243. The summed E-state index contributed by atoms with van der Waals surface area (Å²) < 4.78 is 10.5. The van der Waals surface area contributed by atoms with Crippen LogP contribution in [0.15, 0.2) is 82.5 Å². The molecule has 150 valence electrons. The number of fused-ring (bicyclic) bond motifs is 1. The fourth-order valence-corrected chi connectivity index (χ4v) is 2.91. The van der Waals surface area contributed by atoms with Crippen LogP contribution < -0.4 is 15.9 Å². The summed E-state index contributed by atoms with van der Waals surface area (Å²) in [6.45, 7) is 1.65. The highest BCUT2D eigenvalue weighted by Gasteiger charge is 2.19. The maximum Gasteiger partial charge on any atom is 0.280 e. The summed E-state index contributed by atoms with van der Waals surface area (Å²) in [5.41, 5.74) is 9.59. The van der Waals surface area contributed by atoms with Crippen molar-refractivity contribution in [1.29, 1.82) is 0 Å². The van der Waals surface area contributed by atoms with E-state index in [1.165, 1.54) is 0 Å². The van der Waals surface area contributed by atoms with E-state index in [1.807, 2.05) is 72.8 Å². The molecule has 0 radical (unpaired) electrons. The van der Waals surface area contributed by atoms with Crippen LogP contribution in [-0.4, -0.2) is 28.0 Å². The summed E-state index contributed by atoms with van der Waals surface area (Å²) in [5, 5.41) is 13.7. The smallest absolute Gasteiger partial charge is 0.280 e. The van der Waals surface area contributed by atoms with Crippen molar-refractivity contribution in [1.82, 2.24) is 15.7 Å². The molecule has 0 fully saturated rings. The van der Waals surface area contributed by atoms with E-state index in [4.69, 9.17) is 10.5 Å². The second-order valence-electron chi connectivity index (χ2n) is 6.57. The first-order chi connectivity index (χ1) is 14.6. The van der Waals surface area contributed by atoms with Gasteiger partial charge in [0.2, 0.25) is 0 Å².